The van der Waals surface area contributed by atoms with Gasteiger partial charge in [-0.05, 0) is 60.3 Å². The van der Waals surface area contributed by atoms with Crippen LogP contribution in [-0.2, 0) is 14.3 Å². The Labute approximate surface area is 158 Å². The number of hydrogen-bond donors (Lipinski definition) is 0. The number of esters is 1. The minimum Gasteiger partial charge on any atom is -0.452 e. The minimum absolute atomic E-state index is 0.0178. The molecular weight excluding hydrogens is 324 g/mol. The van der Waals surface area contributed by atoms with Gasteiger partial charge >= 0.3 is 5.97 Å². The lowest BCUT2D eigenvalue weighted by atomic mass is 9.47. The third kappa shape index (κ3) is 4.29. The highest BCUT2D eigenvalue weighted by molar-refractivity contribution is 5.84. The zero-order valence-electron chi connectivity index (χ0n) is 16.5. The summed E-state index contributed by atoms with van der Waals surface area (Å²) in [5.41, 5.74) is 2.33. The SMILES string of the molecule is C#CCOC(=O)C/C(C=O)=C\CC1C(=C)CC[C@H]2C(C)(C)CCC[C@]12C. The minimum atomic E-state index is -0.452. The summed E-state index contributed by atoms with van der Waals surface area (Å²) in [4.78, 5) is 23.1. The van der Waals surface area contributed by atoms with E-state index in [1.54, 1.807) is 0 Å². The Morgan fingerprint density at radius 3 is 2.77 bits per heavy atom. The van der Waals surface area contributed by atoms with Crippen molar-refractivity contribution in [1.29, 1.82) is 0 Å². The van der Waals surface area contributed by atoms with Crippen LogP contribution in [-0.4, -0.2) is 18.9 Å². The predicted octanol–water partition coefficient (Wildman–Crippen LogP) is 4.87. The zero-order chi connectivity index (χ0) is 19.4. The number of fused-ring (bicyclic) bond motifs is 1. The number of terminal acetylenes is 1. The number of ether oxygens (including phenoxy) is 1. The lowest BCUT2D eigenvalue weighted by Gasteiger charge is -2.58. The van der Waals surface area contributed by atoms with Crippen LogP contribution in [0.25, 0.3) is 0 Å². The van der Waals surface area contributed by atoms with Gasteiger partial charge in [0, 0.05) is 0 Å². The molecule has 0 saturated heterocycles. The monoisotopic (exact) mass is 356 g/mol. The second kappa shape index (κ2) is 8.25. The molecule has 2 fully saturated rings. The summed E-state index contributed by atoms with van der Waals surface area (Å²) >= 11 is 0. The summed E-state index contributed by atoms with van der Waals surface area (Å²) in [6.07, 6.45) is 14.5. The number of allylic oxidation sites excluding steroid dienone is 2. The molecule has 3 atom stereocenters. The molecule has 0 spiro atoms. The fourth-order valence-corrected chi connectivity index (χ4v) is 5.48. The molecule has 2 aliphatic rings. The quantitative estimate of drug-likeness (QED) is 0.224. The van der Waals surface area contributed by atoms with Crippen LogP contribution in [0.1, 0.15) is 65.7 Å². The van der Waals surface area contributed by atoms with Crippen molar-refractivity contribution in [3.63, 3.8) is 0 Å². The van der Waals surface area contributed by atoms with Gasteiger partial charge in [0.1, 0.15) is 6.29 Å². The van der Waals surface area contributed by atoms with Crippen molar-refractivity contribution in [2.45, 2.75) is 65.7 Å². The molecule has 3 nitrogen and oxygen atoms in total. The van der Waals surface area contributed by atoms with E-state index in [4.69, 9.17) is 11.2 Å². The van der Waals surface area contributed by atoms with E-state index in [1.807, 2.05) is 6.08 Å². The van der Waals surface area contributed by atoms with Gasteiger partial charge in [-0.3, -0.25) is 9.59 Å². The van der Waals surface area contributed by atoms with E-state index in [2.05, 4.69) is 33.3 Å². The van der Waals surface area contributed by atoms with Crippen molar-refractivity contribution in [3.05, 3.63) is 23.8 Å². The van der Waals surface area contributed by atoms with Crippen LogP contribution in [0.4, 0.5) is 0 Å². The first-order valence-electron chi connectivity index (χ1n) is 9.65. The molecule has 0 N–H and O–H groups in total. The third-order valence-corrected chi connectivity index (χ3v) is 6.75. The van der Waals surface area contributed by atoms with Crippen LogP contribution in [0.2, 0.25) is 0 Å². The van der Waals surface area contributed by atoms with Crippen molar-refractivity contribution in [2.24, 2.45) is 22.7 Å². The highest BCUT2D eigenvalue weighted by Crippen LogP contribution is 2.61. The van der Waals surface area contributed by atoms with Gasteiger partial charge in [-0.2, -0.15) is 0 Å². The lowest BCUT2D eigenvalue weighted by Crippen LogP contribution is -2.49. The highest BCUT2D eigenvalue weighted by atomic mass is 16.5. The third-order valence-electron chi connectivity index (χ3n) is 6.75. The molecular formula is C23H32O3. The molecule has 0 radical (unpaired) electrons. The number of carbonyl (C=O) groups is 2. The summed E-state index contributed by atoms with van der Waals surface area (Å²) in [6.45, 7) is 11.5. The Balaban J connectivity index is 2.15. The number of rotatable bonds is 6. The fraction of sp³-hybridized carbons (Fsp3) is 0.652. The molecule has 0 heterocycles. The maximum Gasteiger partial charge on any atom is 0.311 e. The van der Waals surface area contributed by atoms with E-state index >= 15 is 0 Å². The normalized spacial score (nSPS) is 30.8. The van der Waals surface area contributed by atoms with Crippen LogP contribution in [0.3, 0.4) is 0 Å². The number of carbonyl (C=O) groups excluding carboxylic acids is 2. The van der Waals surface area contributed by atoms with E-state index < -0.39 is 5.97 Å². The summed E-state index contributed by atoms with van der Waals surface area (Å²) in [5.74, 6) is 2.84. The average molecular weight is 357 g/mol. The smallest absolute Gasteiger partial charge is 0.311 e. The van der Waals surface area contributed by atoms with Gasteiger partial charge in [-0.25, -0.2) is 0 Å². The van der Waals surface area contributed by atoms with Gasteiger partial charge in [0.05, 0.1) is 6.42 Å². The van der Waals surface area contributed by atoms with Gasteiger partial charge in [-0.1, -0.05) is 51.3 Å². The van der Waals surface area contributed by atoms with Crippen LogP contribution >= 0.6 is 0 Å². The Morgan fingerprint density at radius 1 is 1.38 bits per heavy atom. The molecule has 26 heavy (non-hydrogen) atoms. The maximum absolute atomic E-state index is 11.7. The zero-order valence-corrected chi connectivity index (χ0v) is 16.5. The highest BCUT2D eigenvalue weighted by Gasteiger charge is 2.52. The molecule has 0 aliphatic heterocycles. The van der Waals surface area contributed by atoms with Gasteiger partial charge in [0.15, 0.2) is 6.61 Å². The lowest BCUT2D eigenvalue weighted by molar-refractivity contribution is -0.141. The predicted molar refractivity (Wildman–Crippen MR) is 104 cm³/mol. The maximum atomic E-state index is 11.7. The Hall–Kier alpha value is -1.82. The molecule has 0 amide bonds. The molecule has 3 heteroatoms. The summed E-state index contributed by atoms with van der Waals surface area (Å²) < 4.78 is 4.88. The first-order chi connectivity index (χ1) is 12.2. The van der Waals surface area contributed by atoms with Crippen molar-refractivity contribution in [2.75, 3.05) is 6.61 Å². The molecule has 0 aromatic heterocycles. The second-order valence-electron chi connectivity index (χ2n) is 8.82. The Morgan fingerprint density at radius 2 is 2.12 bits per heavy atom. The number of aldehydes is 1. The molecule has 142 valence electrons. The fourth-order valence-electron chi connectivity index (χ4n) is 5.48. The first kappa shape index (κ1) is 20.5. The largest absolute Gasteiger partial charge is 0.452 e. The van der Waals surface area contributed by atoms with Crippen LogP contribution in [0.5, 0.6) is 0 Å². The van der Waals surface area contributed by atoms with Crippen molar-refractivity contribution in [1.82, 2.24) is 0 Å². The molecule has 0 bridgehead atoms. The van der Waals surface area contributed by atoms with E-state index in [-0.39, 0.29) is 18.4 Å². The molecule has 0 aromatic carbocycles. The van der Waals surface area contributed by atoms with Gasteiger partial charge in [0.25, 0.3) is 0 Å². The van der Waals surface area contributed by atoms with Crippen molar-refractivity contribution >= 4 is 12.3 Å². The van der Waals surface area contributed by atoms with Crippen LogP contribution < -0.4 is 0 Å². The Bertz CT molecular complexity index is 634. The van der Waals surface area contributed by atoms with E-state index in [9.17, 15) is 9.59 Å². The average Bonchev–Trinajstić information content (AvgIpc) is 2.57. The topological polar surface area (TPSA) is 43.4 Å². The van der Waals surface area contributed by atoms with Crippen molar-refractivity contribution in [3.8, 4) is 12.3 Å². The summed E-state index contributed by atoms with van der Waals surface area (Å²) in [7, 11) is 0. The summed E-state index contributed by atoms with van der Waals surface area (Å²) in [5, 5.41) is 0. The van der Waals surface area contributed by atoms with Gasteiger partial charge in [-0.15, -0.1) is 6.42 Å². The second-order valence-corrected chi connectivity index (χ2v) is 8.82. The number of hydrogen-bond acceptors (Lipinski definition) is 3. The van der Waals surface area contributed by atoms with Crippen molar-refractivity contribution < 1.29 is 14.3 Å². The summed E-state index contributed by atoms with van der Waals surface area (Å²) in [6, 6.07) is 0. The van der Waals surface area contributed by atoms with Gasteiger partial charge in [0.2, 0.25) is 0 Å². The first-order valence-corrected chi connectivity index (χ1v) is 9.65. The Kier molecular flexibility index (Phi) is 6.50. The van der Waals surface area contributed by atoms with E-state index in [0.717, 1.165) is 19.1 Å². The molecule has 2 saturated carbocycles. The molecule has 0 aromatic rings. The standard InChI is InChI=1S/C23H32O3/c1-6-14-26-21(25)15-18(16-24)9-10-19-17(2)8-11-20-22(3,4)12-7-13-23(19,20)5/h1,9,16,19-20H,2,7-8,10-15H2,3-5H3/b18-9+/t19?,20-,23+/m0/s1. The van der Waals surface area contributed by atoms with E-state index in [0.29, 0.717) is 22.8 Å². The van der Waals surface area contributed by atoms with Crippen LogP contribution in [0, 0.1) is 35.0 Å². The van der Waals surface area contributed by atoms with E-state index in [1.165, 1.54) is 31.3 Å². The molecule has 2 rings (SSSR count). The molecule has 2 aliphatic carbocycles. The molecule has 1 unspecified atom stereocenters. The van der Waals surface area contributed by atoms with Gasteiger partial charge < -0.3 is 4.74 Å². The van der Waals surface area contributed by atoms with Crippen LogP contribution in [0.15, 0.2) is 23.8 Å².